The number of aromatic nitrogens is 1. The minimum Gasteiger partial charge on any atom is -0.319 e. The van der Waals surface area contributed by atoms with Crippen LogP contribution in [0, 0.1) is 0 Å². The van der Waals surface area contributed by atoms with Gasteiger partial charge in [0, 0.05) is 10.7 Å². The summed E-state index contributed by atoms with van der Waals surface area (Å²) in [7, 11) is 0. The molecule has 1 unspecified atom stereocenters. The number of pyridine rings is 1. The Kier molecular flexibility index (Phi) is 3.63. The van der Waals surface area contributed by atoms with Crippen molar-refractivity contribution in [3.8, 4) is 0 Å². The van der Waals surface area contributed by atoms with Crippen LogP contribution in [-0.2, 0) is 0 Å². The lowest BCUT2D eigenvalue weighted by Gasteiger charge is -2.06. The molecule has 70 valence electrons. The third kappa shape index (κ3) is 3.28. The van der Waals surface area contributed by atoms with Crippen LogP contribution in [0.15, 0.2) is 34.5 Å². The van der Waals surface area contributed by atoms with Crippen molar-refractivity contribution in [2.45, 2.75) is 19.9 Å². The molecular formula is C10H13BrN2. The van der Waals surface area contributed by atoms with Crippen LogP contribution < -0.4 is 5.73 Å². The third-order valence-electron chi connectivity index (χ3n) is 1.60. The second kappa shape index (κ2) is 4.53. The van der Waals surface area contributed by atoms with Crippen molar-refractivity contribution < 1.29 is 0 Å². The summed E-state index contributed by atoms with van der Waals surface area (Å²) < 4.78 is 0.973. The van der Waals surface area contributed by atoms with Gasteiger partial charge in [-0.05, 0) is 41.9 Å². The van der Waals surface area contributed by atoms with Gasteiger partial charge in [-0.15, -0.1) is 0 Å². The lowest BCUT2D eigenvalue weighted by Crippen LogP contribution is -2.09. The van der Waals surface area contributed by atoms with Crippen molar-refractivity contribution in [3.05, 3.63) is 40.1 Å². The summed E-state index contributed by atoms with van der Waals surface area (Å²) in [5.41, 5.74) is 7.99. The van der Waals surface area contributed by atoms with E-state index in [1.165, 1.54) is 5.57 Å². The lowest BCUT2D eigenvalue weighted by atomic mass is 10.1. The summed E-state index contributed by atoms with van der Waals surface area (Å²) in [6.07, 6.45) is 3.75. The third-order valence-corrected chi connectivity index (χ3v) is 2.07. The Morgan fingerprint density at radius 1 is 1.54 bits per heavy atom. The zero-order valence-electron chi connectivity index (χ0n) is 7.79. The molecule has 0 aliphatic heterocycles. The van der Waals surface area contributed by atoms with Crippen molar-refractivity contribution in [1.82, 2.24) is 4.98 Å². The molecule has 2 N–H and O–H groups in total. The summed E-state index contributed by atoms with van der Waals surface area (Å²) in [6, 6.07) is 3.77. The number of hydrogen-bond donors (Lipinski definition) is 1. The monoisotopic (exact) mass is 240 g/mol. The molecule has 0 aliphatic carbocycles. The normalized spacial score (nSPS) is 12.3. The smallest absolute Gasteiger partial charge is 0.0658 e. The predicted octanol–water partition coefficient (Wildman–Crippen LogP) is 2.81. The van der Waals surface area contributed by atoms with E-state index >= 15 is 0 Å². The van der Waals surface area contributed by atoms with Gasteiger partial charge in [0.2, 0.25) is 0 Å². The first-order valence-corrected chi connectivity index (χ1v) is 4.91. The number of nitrogens with two attached hydrogens (primary N) is 1. The van der Waals surface area contributed by atoms with Gasteiger partial charge in [0.15, 0.2) is 0 Å². The Bertz CT molecular complexity index is 299. The molecule has 0 fully saturated rings. The average molecular weight is 241 g/mol. The van der Waals surface area contributed by atoms with Crippen LogP contribution in [-0.4, -0.2) is 4.98 Å². The van der Waals surface area contributed by atoms with Crippen molar-refractivity contribution in [1.29, 1.82) is 0 Å². The molecule has 0 radical (unpaired) electrons. The highest BCUT2D eigenvalue weighted by Crippen LogP contribution is 2.13. The topological polar surface area (TPSA) is 38.9 Å². The Balaban J connectivity index is 2.83. The van der Waals surface area contributed by atoms with Gasteiger partial charge < -0.3 is 5.73 Å². The maximum absolute atomic E-state index is 5.89. The SMILES string of the molecule is CC(C)=CC(N)c1ccc(Br)cn1. The van der Waals surface area contributed by atoms with Gasteiger partial charge in [0.05, 0.1) is 11.7 Å². The molecule has 1 aromatic heterocycles. The Hall–Kier alpha value is -0.670. The number of rotatable bonds is 2. The van der Waals surface area contributed by atoms with Crippen LogP contribution in [0.25, 0.3) is 0 Å². The summed E-state index contributed by atoms with van der Waals surface area (Å²) in [6.45, 7) is 4.05. The van der Waals surface area contributed by atoms with Crippen molar-refractivity contribution in [2.75, 3.05) is 0 Å². The first-order chi connectivity index (χ1) is 6.09. The van der Waals surface area contributed by atoms with Crippen LogP contribution >= 0.6 is 15.9 Å². The Morgan fingerprint density at radius 3 is 2.69 bits per heavy atom. The average Bonchev–Trinajstić information content (AvgIpc) is 2.04. The maximum atomic E-state index is 5.89. The summed E-state index contributed by atoms with van der Waals surface area (Å²) in [5.74, 6) is 0. The molecule has 1 rings (SSSR count). The van der Waals surface area contributed by atoms with E-state index in [0.717, 1.165) is 10.2 Å². The molecule has 0 aliphatic rings. The van der Waals surface area contributed by atoms with E-state index in [-0.39, 0.29) is 6.04 Å². The van der Waals surface area contributed by atoms with Crippen molar-refractivity contribution in [3.63, 3.8) is 0 Å². The van der Waals surface area contributed by atoms with Crippen molar-refractivity contribution >= 4 is 15.9 Å². The van der Waals surface area contributed by atoms with E-state index < -0.39 is 0 Å². The summed E-state index contributed by atoms with van der Waals surface area (Å²) >= 11 is 3.33. The molecule has 1 atom stereocenters. The van der Waals surface area contributed by atoms with E-state index in [1.54, 1.807) is 6.20 Å². The van der Waals surface area contributed by atoms with Gasteiger partial charge in [-0.3, -0.25) is 4.98 Å². The van der Waals surface area contributed by atoms with Crippen LogP contribution in [0.4, 0.5) is 0 Å². The zero-order valence-corrected chi connectivity index (χ0v) is 9.38. The second-order valence-corrected chi connectivity index (χ2v) is 4.09. The van der Waals surface area contributed by atoms with Gasteiger partial charge in [-0.1, -0.05) is 11.6 Å². The number of hydrogen-bond acceptors (Lipinski definition) is 2. The Labute approximate surface area is 87.0 Å². The number of nitrogens with zero attached hydrogens (tertiary/aromatic N) is 1. The highest BCUT2D eigenvalue weighted by atomic mass is 79.9. The van der Waals surface area contributed by atoms with Crippen LogP contribution in [0.3, 0.4) is 0 Å². The molecule has 0 saturated heterocycles. The molecule has 2 nitrogen and oxygen atoms in total. The van der Waals surface area contributed by atoms with E-state index in [9.17, 15) is 0 Å². The Morgan fingerprint density at radius 2 is 2.23 bits per heavy atom. The van der Waals surface area contributed by atoms with Gasteiger partial charge in [-0.25, -0.2) is 0 Å². The fraction of sp³-hybridized carbons (Fsp3) is 0.300. The van der Waals surface area contributed by atoms with E-state index in [0.29, 0.717) is 0 Å². The fourth-order valence-corrected chi connectivity index (χ4v) is 1.26. The van der Waals surface area contributed by atoms with Gasteiger partial charge >= 0.3 is 0 Å². The molecule has 0 amide bonds. The largest absolute Gasteiger partial charge is 0.319 e. The van der Waals surface area contributed by atoms with Gasteiger partial charge in [0.25, 0.3) is 0 Å². The molecule has 1 heterocycles. The molecule has 3 heteroatoms. The highest BCUT2D eigenvalue weighted by Gasteiger charge is 2.02. The molecule has 0 aromatic carbocycles. The second-order valence-electron chi connectivity index (χ2n) is 3.17. The van der Waals surface area contributed by atoms with E-state index in [2.05, 4.69) is 20.9 Å². The first-order valence-electron chi connectivity index (χ1n) is 4.11. The minimum absolute atomic E-state index is 0.0990. The van der Waals surface area contributed by atoms with Crippen LogP contribution in [0.1, 0.15) is 25.6 Å². The van der Waals surface area contributed by atoms with Crippen LogP contribution in [0.2, 0.25) is 0 Å². The zero-order chi connectivity index (χ0) is 9.84. The molecule has 13 heavy (non-hydrogen) atoms. The standard InChI is InChI=1S/C10H13BrN2/c1-7(2)5-9(12)10-4-3-8(11)6-13-10/h3-6,9H,12H2,1-2H3. The van der Waals surface area contributed by atoms with Crippen LogP contribution in [0.5, 0.6) is 0 Å². The van der Waals surface area contributed by atoms with Gasteiger partial charge in [0.1, 0.15) is 0 Å². The van der Waals surface area contributed by atoms with Crippen molar-refractivity contribution in [2.24, 2.45) is 5.73 Å². The number of allylic oxidation sites excluding steroid dienone is 1. The molecule has 0 spiro atoms. The van der Waals surface area contributed by atoms with E-state index in [1.807, 2.05) is 32.1 Å². The predicted molar refractivity (Wildman–Crippen MR) is 58.3 cm³/mol. The quantitative estimate of drug-likeness (QED) is 0.808. The molecule has 1 aromatic rings. The molecule has 0 bridgehead atoms. The lowest BCUT2D eigenvalue weighted by molar-refractivity contribution is 0.851. The first kappa shape index (κ1) is 10.4. The summed E-state index contributed by atoms with van der Waals surface area (Å²) in [5, 5.41) is 0. The highest BCUT2D eigenvalue weighted by molar-refractivity contribution is 9.10. The fourth-order valence-electron chi connectivity index (χ4n) is 1.03. The maximum Gasteiger partial charge on any atom is 0.0658 e. The summed E-state index contributed by atoms with van der Waals surface area (Å²) in [4.78, 5) is 4.21. The van der Waals surface area contributed by atoms with Gasteiger partial charge in [-0.2, -0.15) is 0 Å². The minimum atomic E-state index is -0.0990. The molecule has 0 saturated carbocycles. The number of halogens is 1. The molecular weight excluding hydrogens is 228 g/mol. The van der Waals surface area contributed by atoms with E-state index in [4.69, 9.17) is 5.73 Å².